The molecular formula is C16H25N3OS. The smallest absolute Gasteiger partial charge is 0.323 e. The zero-order valence-corrected chi connectivity index (χ0v) is 13.5. The molecule has 0 radical (unpaired) electrons. The predicted octanol–water partition coefficient (Wildman–Crippen LogP) is 4.21. The highest BCUT2D eigenvalue weighted by molar-refractivity contribution is 7.15. The van der Waals surface area contributed by atoms with Gasteiger partial charge in [0.1, 0.15) is 0 Å². The topological polar surface area (TPSA) is 45.2 Å². The van der Waals surface area contributed by atoms with Crippen molar-refractivity contribution in [1.29, 1.82) is 0 Å². The van der Waals surface area contributed by atoms with Crippen molar-refractivity contribution in [2.24, 2.45) is 0 Å². The average molecular weight is 307 g/mol. The maximum atomic E-state index is 12.4. The number of aryl methyl sites for hydroxylation is 2. The van der Waals surface area contributed by atoms with Crippen LogP contribution in [0.4, 0.5) is 9.93 Å². The van der Waals surface area contributed by atoms with Crippen LogP contribution in [0.3, 0.4) is 0 Å². The quantitative estimate of drug-likeness (QED) is 0.790. The second-order valence-electron chi connectivity index (χ2n) is 6.13. The van der Waals surface area contributed by atoms with Gasteiger partial charge in [-0.05, 0) is 38.5 Å². The predicted molar refractivity (Wildman–Crippen MR) is 87.0 cm³/mol. The number of hydrogen-bond acceptors (Lipinski definition) is 3. The number of anilines is 1. The molecule has 2 aliphatic rings. The lowest BCUT2D eigenvalue weighted by atomic mass is 10.1. The molecule has 0 saturated carbocycles. The van der Waals surface area contributed by atoms with E-state index in [0.29, 0.717) is 0 Å². The molecule has 1 aliphatic carbocycles. The van der Waals surface area contributed by atoms with Crippen LogP contribution < -0.4 is 5.32 Å². The Bertz CT molecular complexity index is 454. The van der Waals surface area contributed by atoms with Gasteiger partial charge in [0.25, 0.3) is 0 Å². The number of nitrogens with zero attached hydrogens (tertiary/aromatic N) is 2. The van der Waals surface area contributed by atoms with Crippen LogP contribution in [-0.2, 0) is 12.8 Å². The Morgan fingerprint density at radius 2 is 1.62 bits per heavy atom. The Kier molecular flexibility index (Phi) is 5.12. The maximum absolute atomic E-state index is 12.4. The monoisotopic (exact) mass is 307 g/mol. The number of hydrogen-bond donors (Lipinski definition) is 1. The highest BCUT2D eigenvalue weighted by Gasteiger charge is 2.18. The standard InChI is InChI=1S/C16H25N3OS/c20-16(19-11-7-2-1-3-8-12-19)18-15-17-13-9-5-4-6-10-14(13)21-15/h1-12H2,(H,17,18,20). The fourth-order valence-corrected chi connectivity index (χ4v) is 4.24. The van der Waals surface area contributed by atoms with Gasteiger partial charge in [-0.25, -0.2) is 9.78 Å². The second-order valence-corrected chi connectivity index (χ2v) is 7.22. The molecule has 0 atom stereocenters. The summed E-state index contributed by atoms with van der Waals surface area (Å²) in [6.07, 6.45) is 12.1. The SMILES string of the molecule is O=C(Nc1nc2c(s1)CCCCC2)N1CCCCCCC1. The van der Waals surface area contributed by atoms with Crippen LogP contribution in [0.15, 0.2) is 0 Å². The Balaban J connectivity index is 1.61. The van der Waals surface area contributed by atoms with Gasteiger partial charge >= 0.3 is 6.03 Å². The van der Waals surface area contributed by atoms with Crippen LogP contribution >= 0.6 is 11.3 Å². The van der Waals surface area contributed by atoms with Gasteiger partial charge in [-0.1, -0.05) is 25.7 Å². The van der Waals surface area contributed by atoms with Crippen LogP contribution in [0.2, 0.25) is 0 Å². The van der Waals surface area contributed by atoms with Gasteiger partial charge in [0.2, 0.25) is 0 Å². The summed E-state index contributed by atoms with van der Waals surface area (Å²) in [6.45, 7) is 1.77. The normalized spacial score (nSPS) is 20.1. The van der Waals surface area contributed by atoms with E-state index in [4.69, 9.17) is 0 Å². The van der Waals surface area contributed by atoms with E-state index in [1.807, 2.05) is 4.90 Å². The van der Waals surface area contributed by atoms with Gasteiger partial charge in [-0.15, -0.1) is 11.3 Å². The molecule has 2 heterocycles. The van der Waals surface area contributed by atoms with Gasteiger partial charge in [0, 0.05) is 18.0 Å². The van der Waals surface area contributed by atoms with Crippen molar-refractivity contribution >= 4 is 22.5 Å². The Morgan fingerprint density at radius 1 is 0.952 bits per heavy atom. The number of thiazole rings is 1. The van der Waals surface area contributed by atoms with E-state index in [0.717, 1.165) is 43.9 Å². The summed E-state index contributed by atoms with van der Waals surface area (Å²) < 4.78 is 0. The third kappa shape index (κ3) is 3.96. The van der Waals surface area contributed by atoms with Crippen molar-refractivity contribution < 1.29 is 4.79 Å². The highest BCUT2D eigenvalue weighted by atomic mass is 32.1. The van der Waals surface area contributed by atoms with Crippen molar-refractivity contribution in [1.82, 2.24) is 9.88 Å². The molecule has 4 nitrogen and oxygen atoms in total. The van der Waals surface area contributed by atoms with Crippen molar-refractivity contribution in [2.45, 2.75) is 64.2 Å². The molecule has 5 heteroatoms. The van der Waals surface area contributed by atoms with Gasteiger partial charge in [-0.2, -0.15) is 0 Å². The summed E-state index contributed by atoms with van der Waals surface area (Å²) in [7, 11) is 0. The molecule has 0 aromatic carbocycles. The van der Waals surface area contributed by atoms with Crippen molar-refractivity contribution in [3.8, 4) is 0 Å². The molecule has 1 aromatic rings. The Hall–Kier alpha value is -1.10. The first kappa shape index (κ1) is 14.8. The summed E-state index contributed by atoms with van der Waals surface area (Å²) in [5.41, 5.74) is 1.22. The van der Waals surface area contributed by atoms with Crippen molar-refractivity contribution in [2.75, 3.05) is 18.4 Å². The first-order valence-electron chi connectivity index (χ1n) is 8.37. The summed E-state index contributed by atoms with van der Waals surface area (Å²) in [4.78, 5) is 20.4. The van der Waals surface area contributed by atoms with Gasteiger partial charge in [0.05, 0.1) is 5.69 Å². The molecule has 2 amide bonds. The minimum atomic E-state index is 0.0424. The number of rotatable bonds is 1. The van der Waals surface area contributed by atoms with Gasteiger partial charge < -0.3 is 4.90 Å². The number of carbonyl (C=O) groups excluding carboxylic acids is 1. The number of fused-ring (bicyclic) bond motifs is 1. The van der Waals surface area contributed by atoms with Crippen LogP contribution in [0, 0.1) is 0 Å². The lowest BCUT2D eigenvalue weighted by molar-refractivity contribution is 0.206. The molecule has 1 saturated heterocycles. The molecule has 21 heavy (non-hydrogen) atoms. The van der Waals surface area contributed by atoms with Crippen LogP contribution in [0.5, 0.6) is 0 Å². The Morgan fingerprint density at radius 3 is 2.43 bits per heavy atom. The fourth-order valence-electron chi connectivity index (χ4n) is 3.20. The molecular weight excluding hydrogens is 282 g/mol. The minimum Gasteiger partial charge on any atom is -0.324 e. The molecule has 0 unspecified atom stereocenters. The third-order valence-corrected chi connectivity index (χ3v) is 5.53. The molecule has 1 fully saturated rings. The minimum absolute atomic E-state index is 0.0424. The van der Waals surface area contributed by atoms with Crippen LogP contribution in [0.25, 0.3) is 0 Å². The molecule has 1 aliphatic heterocycles. The lowest BCUT2D eigenvalue weighted by Gasteiger charge is -2.24. The van der Waals surface area contributed by atoms with Crippen LogP contribution in [-0.4, -0.2) is 29.0 Å². The molecule has 1 aromatic heterocycles. The van der Waals surface area contributed by atoms with E-state index in [1.165, 1.54) is 49.1 Å². The number of likely N-dealkylation sites (tertiary alicyclic amines) is 1. The van der Waals surface area contributed by atoms with Gasteiger partial charge in [-0.3, -0.25) is 5.32 Å². The largest absolute Gasteiger partial charge is 0.324 e. The second kappa shape index (κ2) is 7.25. The summed E-state index contributed by atoms with van der Waals surface area (Å²) >= 11 is 1.68. The van der Waals surface area contributed by atoms with Crippen molar-refractivity contribution in [3.05, 3.63) is 10.6 Å². The number of carbonyl (C=O) groups is 1. The fraction of sp³-hybridized carbons (Fsp3) is 0.750. The van der Waals surface area contributed by atoms with E-state index in [2.05, 4.69) is 10.3 Å². The highest BCUT2D eigenvalue weighted by Crippen LogP contribution is 2.29. The summed E-state index contributed by atoms with van der Waals surface area (Å²) in [6, 6.07) is 0.0424. The van der Waals surface area contributed by atoms with Crippen molar-refractivity contribution in [3.63, 3.8) is 0 Å². The lowest BCUT2D eigenvalue weighted by Crippen LogP contribution is -2.37. The maximum Gasteiger partial charge on any atom is 0.323 e. The molecule has 1 N–H and O–H groups in total. The molecule has 3 rings (SSSR count). The first-order valence-corrected chi connectivity index (χ1v) is 9.19. The van der Waals surface area contributed by atoms with E-state index in [9.17, 15) is 4.79 Å². The Labute approximate surface area is 130 Å². The third-order valence-electron chi connectivity index (χ3n) is 4.45. The summed E-state index contributed by atoms with van der Waals surface area (Å²) in [5.74, 6) is 0. The van der Waals surface area contributed by atoms with Gasteiger partial charge in [0.15, 0.2) is 5.13 Å². The van der Waals surface area contributed by atoms with Crippen LogP contribution in [0.1, 0.15) is 61.9 Å². The number of aromatic nitrogens is 1. The number of amides is 2. The molecule has 0 spiro atoms. The average Bonchev–Trinajstić information content (AvgIpc) is 2.67. The van der Waals surface area contributed by atoms with E-state index in [-0.39, 0.29) is 6.03 Å². The van der Waals surface area contributed by atoms with E-state index in [1.54, 1.807) is 11.3 Å². The zero-order chi connectivity index (χ0) is 14.5. The zero-order valence-electron chi connectivity index (χ0n) is 12.7. The molecule has 116 valence electrons. The summed E-state index contributed by atoms with van der Waals surface area (Å²) in [5, 5.41) is 3.83. The first-order chi connectivity index (χ1) is 10.3. The number of nitrogens with one attached hydrogen (secondary N) is 1. The van der Waals surface area contributed by atoms with E-state index >= 15 is 0 Å². The number of urea groups is 1. The molecule has 0 bridgehead atoms. The van der Waals surface area contributed by atoms with E-state index < -0.39 is 0 Å².